The number of amides is 1. The summed E-state index contributed by atoms with van der Waals surface area (Å²) in [6.07, 6.45) is 3.77. The van der Waals surface area contributed by atoms with Gasteiger partial charge >= 0.3 is 0 Å². The third-order valence-corrected chi connectivity index (χ3v) is 4.49. The molecular formula is C10H18N2O2S. The van der Waals surface area contributed by atoms with E-state index in [9.17, 15) is 9.00 Å². The minimum absolute atomic E-state index is 0.0115. The number of nitrogens with one attached hydrogen (secondary N) is 2. The summed E-state index contributed by atoms with van der Waals surface area (Å²) in [6.45, 7) is 0.951. The third-order valence-electron chi connectivity index (χ3n) is 3.11. The molecule has 86 valence electrons. The Kier molecular flexibility index (Phi) is 3.75. The molecule has 0 bridgehead atoms. The van der Waals surface area contributed by atoms with E-state index >= 15 is 0 Å². The summed E-state index contributed by atoms with van der Waals surface area (Å²) in [7, 11) is -0.645. The van der Waals surface area contributed by atoms with E-state index < -0.39 is 10.8 Å². The third kappa shape index (κ3) is 3.01. The van der Waals surface area contributed by atoms with Crippen LogP contribution in [0.25, 0.3) is 0 Å². The Balaban J connectivity index is 1.76. The number of carbonyl (C=O) groups excluding carboxylic acids is 1. The monoisotopic (exact) mass is 230 g/mol. The first kappa shape index (κ1) is 11.1. The highest BCUT2D eigenvalue weighted by molar-refractivity contribution is 7.85. The van der Waals surface area contributed by atoms with Crippen LogP contribution in [0.3, 0.4) is 0 Å². The highest BCUT2D eigenvalue weighted by Crippen LogP contribution is 2.11. The normalized spacial score (nSPS) is 36.4. The van der Waals surface area contributed by atoms with E-state index in [0.29, 0.717) is 0 Å². The van der Waals surface area contributed by atoms with Gasteiger partial charge in [0.25, 0.3) is 0 Å². The lowest BCUT2D eigenvalue weighted by Crippen LogP contribution is -2.47. The Morgan fingerprint density at radius 2 is 2.00 bits per heavy atom. The lowest BCUT2D eigenvalue weighted by molar-refractivity contribution is -0.123. The van der Waals surface area contributed by atoms with Gasteiger partial charge in [-0.2, -0.15) is 0 Å². The zero-order valence-electron chi connectivity index (χ0n) is 8.83. The topological polar surface area (TPSA) is 58.2 Å². The summed E-state index contributed by atoms with van der Waals surface area (Å²) < 4.78 is 11.1. The molecule has 2 heterocycles. The van der Waals surface area contributed by atoms with Crippen molar-refractivity contribution >= 4 is 16.7 Å². The van der Waals surface area contributed by atoms with Crippen LogP contribution in [0.1, 0.15) is 25.7 Å². The van der Waals surface area contributed by atoms with Crippen LogP contribution in [0.5, 0.6) is 0 Å². The van der Waals surface area contributed by atoms with Crippen molar-refractivity contribution in [1.29, 1.82) is 0 Å². The van der Waals surface area contributed by atoms with Crippen molar-refractivity contribution < 1.29 is 9.00 Å². The van der Waals surface area contributed by atoms with Crippen LogP contribution in [0.4, 0.5) is 0 Å². The van der Waals surface area contributed by atoms with Gasteiger partial charge in [0.1, 0.15) is 0 Å². The van der Waals surface area contributed by atoms with E-state index in [1.165, 1.54) is 0 Å². The fraction of sp³-hybridized carbons (Fsp3) is 0.900. The molecule has 2 aliphatic heterocycles. The van der Waals surface area contributed by atoms with Gasteiger partial charge in [-0.05, 0) is 32.2 Å². The molecule has 0 radical (unpaired) electrons. The predicted molar refractivity (Wildman–Crippen MR) is 60.1 cm³/mol. The van der Waals surface area contributed by atoms with Gasteiger partial charge in [0.05, 0.1) is 6.04 Å². The van der Waals surface area contributed by atoms with Crippen molar-refractivity contribution in [2.75, 3.05) is 18.1 Å². The van der Waals surface area contributed by atoms with Crippen molar-refractivity contribution in [2.45, 2.75) is 37.8 Å². The van der Waals surface area contributed by atoms with Gasteiger partial charge in [-0.1, -0.05) is 0 Å². The van der Waals surface area contributed by atoms with Crippen LogP contribution in [-0.2, 0) is 15.6 Å². The molecule has 1 atom stereocenters. The first-order valence-electron chi connectivity index (χ1n) is 5.64. The fourth-order valence-electron chi connectivity index (χ4n) is 2.15. The van der Waals surface area contributed by atoms with Gasteiger partial charge < -0.3 is 10.6 Å². The molecular weight excluding hydrogens is 212 g/mol. The maximum Gasteiger partial charge on any atom is 0.237 e. The minimum Gasteiger partial charge on any atom is -0.352 e. The summed E-state index contributed by atoms with van der Waals surface area (Å²) >= 11 is 0. The Morgan fingerprint density at radius 1 is 1.27 bits per heavy atom. The molecule has 0 aliphatic carbocycles. The van der Waals surface area contributed by atoms with Gasteiger partial charge in [0.2, 0.25) is 5.91 Å². The zero-order valence-corrected chi connectivity index (χ0v) is 9.65. The van der Waals surface area contributed by atoms with Crippen LogP contribution in [0.15, 0.2) is 0 Å². The molecule has 4 nitrogen and oxygen atoms in total. The second-order valence-corrected chi connectivity index (χ2v) is 5.98. The SMILES string of the molecule is O=C(NC1CCS(=O)CC1)C1CCCN1. The van der Waals surface area contributed by atoms with Crippen LogP contribution in [-0.4, -0.2) is 40.3 Å². The van der Waals surface area contributed by atoms with Crippen molar-refractivity contribution in [1.82, 2.24) is 10.6 Å². The fourth-order valence-corrected chi connectivity index (χ4v) is 3.45. The predicted octanol–water partition coefficient (Wildman–Crippen LogP) is -0.234. The van der Waals surface area contributed by atoms with Crippen LogP contribution >= 0.6 is 0 Å². The molecule has 1 amide bonds. The molecule has 0 aromatic heterocycles. The summed E-state index contributed by atoms with van der Waals surface area (Å²) in [6, 6.07) is 0.259. The highest BCUT2D eigenvalue weighted by Gasteiger charge is 2.25. The molecule has 0 aromatic rings. The van der Waals surface area contributed by atoms with E-state index in [1.807, 2.05) is 0 Å². The first-order chi connectivity index (χ1) is 7.25. The standard InChI is InChI=1S/C10H18N2O2S/c13-10(9-2-1-5-11-9)12-8-3-6-15(14)7-4-8/h8-9,11H,1-7H2,(H,12,13). The lowest BCUT2D eigenvalue weighted by Gasteiger charge is -2.24. The molecule has 2 N–H and O–H groups in total. The van der Waals surface area contributed by atoms with Crippen molar-refractivity contribution in [3.8, 4) is 0 Å². The lowest BCUT2D eigenvalue weighted by atomic mass is 10.1. The molecule has 2 fully saturated rings. The summed E-state index contributed by atoms with van der Waals surface area (Å²) in [4.78, 5) is 11.7. The minimum atomic E-state index is -0.645. The average molecular weight is 230 g/mol. The number of hydrogen-bond donors (Lipinski definition) is 2. The Labute approximate surface area is 92.6 Å². The van der Waals surface area contributed by atoms with E-state index in [1.54, 1.807) is 0 Å². The number of hydrogen-bond acceptors (Lipinski definition) is 3. The van der Waals surface area contributed by atoms with Crippen molar-refractivity contribution in [2.24, 2.45) is 0 Å². The second kappa shape index (κ2) is 5.07. The molecule has 0 spiro atoms. The molecule has 15 heavy (non-hydrogen) atoms. The summed E-state index contributed by atoms with van der Waals surface area (Å²) in [5, 5.41) is 6.23. The maximum atomic E-state index is 11.7. The van der Waals surface area contributed by atoms with E-state index in [-0.39, 0.29) is 18.0 Å². The zero-order chi connectivity index (χ0) is 10.7. The molecule has 5 heteroatoms. The Morgan fingerprint density at radius 3 is 2.60 bits per heavy atom. The summed E-state index contributed by atoms with van der Waals surface area (Å²) in [5.74, 6) is 1.61. The van der Waals surface area contributed by atoms with Gasteiger partial charge in [-0.25, -0.2) is 0 Å². The molecule has 2 rings (SSSR count). The summed E-state index contributed by atoms with van der Waals surface area (Å²) in [5.41, 5.74) is 0. The molecule has 0 aromatic carbocycles. The Bertz CT molecular complexity index is 254. The van der Waals surface area contributed by atoms with Gasteiger partial charge in [-0.3, -0.25) is 9.00 Å². The van der Waals surface area contributed by atoms with Crippen LogP contribution < -0.4 is 10.6 Å². The highest BCUT2D eigenvalue weighted by atomic mass is 32.2. The number of carbonyl (C=O) groups is 1. The molecule has 0 saturated carbocycles. The van der Waals surface area contributed by atoms with Crippen molar-refractivity contribution in [3.05, 3.63) is 0 Å². The quantitative estimate of drug-likeness (QED) is 0.689. The van der Waals surface area contributed by atoms with E-state index in [4.69, 9.17) is 0 Å². The van der Waals surface area contributed by atoms with Crippen molar-refractivity contribution in [3.63, 3.8) is 0 Å². The average Bonchev–Trinajstić information content (AvgIpc) is 2.74. The molecule has 1 unspecified atom stereocenters. The molecule has 2 aliphatic rings. The van der Waals surface area contributed by atoms with Gasteiger partial charge in [-0.15, -0.1) is 0 Å². The van der Waals surface area contributed by atoms with Crippen LogP contribution in [0, 0.1) is 0 Å². The Hall–Kier alpha value is -0.420. The van der Waals surface area contributed by atoms with Gasteiger partial charge in [0, 0.05) is 28.3 Å². The first-order valence-corrected chi connectivity index (χ1v) is 7.13. The largest absolute Gasteiger partial charge is 0.352 e. The van der Waals surface area contributed by atoms with Crippen LogP contribution in [0.2, 0.25) is 0 Å². The van der Waals surface area contributed by atoms with E-state index in [0.717, 1.165) is 43.7 Å². The maximum absolute atomic E-state index is 11.7. The second-order valence-electron chi connectivity index (χ2n) is 4.28. The smallest absolute Gasteiger partial charge is 0.237 e. The number of rotatable bonds is 2. The van der Waals surface area contributed by atoms with E-state index in [2.05, 4.69) is 10.6 Å². The van der Waals surface area contributed by atoms with Gasteiger partial charge in [0.15, 0.2) is 0 Å². The molecule has 2 saturated heterocycles.